The maximum absolute atomic E-state index is 14.5. The van der Waals surface area contributed by atoms with Gasteiger partial charge in [0, 0.05) is 29.1 Å². The molecule has 1 N–H and O–H groups in total. The van der Waals surface area contributed by atoms with Crippen molar-refractivity contribution in [2.45, 2.75) is 50.7 Å². The number of nitrogens with one attached hydrogen (secondary N) is 1. The Morgan fingerprint density at radius 3 is 2.09 bits per heavy atom. The maximum Gasteiger partial charge on any atom is 0.264 e. The van der Waals surface area contributed by atoms with E-state index in [2.05, 4.69) is 5.32 Å². The van der Waals surface area contributed by atoms with Crippen molar-refractivity contribution in [3.05, 3.63) is 128 Å². The second-order valence-electron chi connectivity index (χ2n) is 11.0. The highest BCUT2D eigenvalue weighted by atomic mass is 35.5. The summed E-state index contributed by atoms with van der Waals surface area (Å²) in [4.78, 5) is 29.7. The fourth-order valence-electron chi connectivity index (χ4n) is 4.77. The van der Waals surface area contributed by atoms with Crippen molar-refractivity contribution in [3.8, 4) is 0 Å². The third-order valence-corrected chi connectivity index (χ3v) is 10.3. The lowest BCUT2D eigenvalue weighted by Gasteiger charge is -2.34. The Balaban J connectivity index is 1.84. The highest BCUT2D eigenvalue weighted by Gasteiger charge is 2.35. The van der Waals surface area contributed by atoms with E-state index in [4.69, 9.17) is 46.4 Å². The molecule has 0 aliphatic carbocycles. The van der Waals surface area contributed by atoms with Crippen LogP contribution in [0.25, 0.3) is 0 Å². The highest BCUT2D eigenvalue weighted by molar-refractivity contribution is 7.92. The second kappa shape index (κ2) is 15.5. The van der Waals surface area contributed by atoms with E-state index in [0.29, 0.717) is 15.6 Å². The predicted molar refractivity (Wildman–Crippen MR) is 186 cm³/mol. The number of halogens is 4. The molecule has 0 fully saturated rings. The molecule has 0 heterocycles. The van der Waals surface area contributed by atoms with E-state index >= 15 is 0 Å². The van der Waals surface area contributed by atoms with Gasteiger partial charge in [0.2, 0.25) is 11.8 Å². The van der Waals surface area contributed by atoms with Gasteiger partial charge >= 0.3 is 0 Å². The van der Waals surface area contributed by atoms with E-state index in [1.807, 2.05) is 51.1 Å². The van der Waals surface area contributed by atoms with E-state index in [0.717, 1.165) is 15.4 Å². The smallest absolute Gasteiger partial charge is 0.264 e. The topological polar surface area (TPSA) is 86.8 Å². The third kappa shape index (κ3) is 8.96. The van der Waals surface area contributed by atoms with Gasteiger partial charge in [-0.1, -0.05) is 100 Å². The van der Waals surface area contributed by atoms with Crippen LogP contribution in [-0.2, 0) is 32.6 Å². The van der Waals surface area contributed by atoms with Crippen LogP contribution in [0, 0.1) is 6.92 Å². The fraction of sp³-hybridized carbons (Fsp3) is 0.235. The first-order valence-corrected chi connectivity index (χ1v) is 17.3. The average Bonchev–Trinajstić information content (AvgIpc) is 3.00. The average molecular weight is 722 g/mol. The number of carbonyl (C=O) groups excluding carboxylic acids is 2. The maximum atomic E-state index is 14.5. The molecule has 7 nitrogen and oxygen atoms in total. The van der Waals surface area contributed by atoms with Gasteiger partial charge in [-0.25, -0.2) is 8.42 Å². The van der Waals surface area contributed by atoms with Gasteiger partial charge in [0.05, 0.1) is 20.6 Å². The zero-order valence-corrected chi connectivity index (χ0v) is 29.2. The Morgan fingerprint density at radius 1 is 0.804 bits per heavy atom. The molecule has 0 saturated heterocycles. The lowest BCUT2D eigenvalue weighted by Crippen LogP contribution is -2.54. The molecule has 0 bridgehead atoms. The van der Waals surface area contributed by atoms with Crippen LogP contribution in [-0.4, -0.2) is 43.8 Å². The van der Waals surface area contributed by atoms with Crippen LogP contribution in [0.4, 0.5) is 5.69 Å². The van der Waals surface area contributed by atoms with Gasteiger partial charge in [0.15, 0.2) is 0 Å². The first kappa shape index (κ1) is 35.6. The summed E-state index contributed by atoms with van der Waals surface area (Å²) in [7, 11) is -4.30. The molecule has 0 aromatic heterocycles. The Bertz CT molecular complexity index is 1800. The Kier molecular flexibility index (Phi) is 12.0. The van der Waals surface area contributed by atoms with Crippen LogP contribution in [0.15, 0.2) is 95.9 Å². The first-order chi connectivity index (χ1) is 21.8. The lowest BCUT2D eigenvalue weighted by molar-refractivity contribution is -0.140. The van der Waals surface area contributed by atoms with Crippen LogP contribution in [0.5, 0.6) is 0 Å². The van der Waals surface area contributed by atoms with Crippen molar-refractivity contribution in [1.29, 1.82) is 0 Å². The van der Waals surface area contributed by atoms with Gasteiger partial charge in [-0.3, -0.25) is 13.9 Å². The molecule has 46 heavy (non-hydrogen) atoms. The van der Waals surface area contributed by atoms with Gasteiger partial charge < -0.3 is 10.2 Å². The molecule has 12 heteroatoms. The van der Waals surface area contributed by atoms with Gasteiger partial charge in [-0.15, -0.1) is 0 Å². The molecule has 1 atom stereocenters. The zero-order chi connectivity index (χ0) is 33.6. The van der Waals surface area contributed by atoms with Crippen LogP contribution in [0.3, 0.4) is 0 Å². The Hall–Kier alpha value is -3.27. The molecule has 4 aromatic rings. The molecule has 4 rings (SSSR count). The van der Waals surface area contributed by atoms with Gasteiger partial charge in [0.1, 0.15) is 12.6 Å². The minimum Gasteiger partial charge on any atom is -0.352 e. The normalized spacial score (nSPS) is 12.1. The van der Waals surface area contributed by atoms with Crippen LogP contribution >= 0.6 is 46.4 Å². The monoisotopic (exact) mass is 719 g/mol. The molecule has 0 saturated carbocycles. The number of benzene rings is 4. The van der Waals surface area contributed by atoms with E-state index in [1.165, 1.54) is 35.2 Å². The molecular formula is C34H33Cl4N3O4S. The van der Waals surface area contributed by atoms with E-state index in [1.54, 1.807) is 30.3 Å². The lowest BCUT2D eigenvalue weighted by atomic mass is 10.0. The summed E-state index contributed by atoms with van der Waals surface area (Å²) in [6.07, 6.45) is 0.161. The van der Waals surface area contributed by atoms with Crippen molar-refractivity contribution in [2.75, 3.05) is 10.8 Å². The Morgan fingerprint density at radius 2 is 1.48 bits per heavy atom. The van der Waals surface area contributed by atoms with E-state index in [9.17, 15) is 18.0 Å². The molecule has 242 valence electrons. The number of nitrogens with zero attached hydrogens (tertiary/aromatic N) is 2. The number of carbonyl (C=O) groups is 2. The summed E-state index contributed by atoms with van der Waals surface area (Å²) in [6.45, 7) is 4.72. The number of amides is 2. The third-order valence-electron chi connectivity index (χ3n) is 7.14. The summed E-state index contributed by atoms with van der Waals surface area (Å²) >= 11 is 25.2. The molecule has 4 aromatic carbocycles. The largest absolute Gasteiger partial charge is 0.352 e. The van der Waals surface area contributed by atoms with E-state index < -0.39 is 34.4 Å². The van der Waals surface area contributed by atoms with Crippen molar-refractivity contribution >= 4 is 73.9 Å². The number of aryl methyl sites for hydroxylation is 1. The predicted octanol–water partition coefficient (Wildman–Crippen LogP) is 7.97. The minimum absolute atomic E-state index is 0.0253. The van der Waals surface area contributed by atoms with Crippen molar-refractivity contribution in [2.24, 2.45) is 0 Å². The first-order valence-electron chi connectivity index (χ1n) is 14.4. The summed E-state index contributed by atoms with van der Waals surface area (Å²) in [5, 5.41) is 3.94. The summed E-state index contributed by atoms with van der Waals surface area (Å²) in [5.41, 5.74) is 2.32. The molecule has 0 spiro atoms. The molecule has 0 aliphatic rings. The molecule has 1 unspecified atom stereocenters. The fourth-order valence-corrected chi connectivity index (χ4v) is 6.94. The molecular weight excluding hydrogens is 688 g/mol. The number of anilines is 1. The summed E-state index contributed by atoms with van der Waals surface area (Å²) in [6, 6.07) is 23.5. The van der Waals surface area contributed by atoms with Crippen LogP contribution in [0.2, 0.25) is 20.1 Å². The summed E-state index contributed by atoms with van der Waals surface area (Å²) < 4.78 is 29.3. The number of rotatable bonds is 12. The summed E-state index contributed by atoms with van der Waals surface area (Å²) in [5.74, 6) is -1.05. The van der Waals surface area contributed by atoms with Crippen LogP contribution in [0.1, 0.15) is 30.5 Å². The minimum atomic E-state index is -4.30. The number of sulfonamides is 1. The van der Waals surface area contributed by atoms with Gasteiger partial charge in [-0.2, -0.15) is 0 Å². The van der Waals surface area contributed by atoms with Gasteiger partial charge in [-0.05, 0) is 74.4 Å². The van der Waals surface area contributed by atoms with E-state index in [-0.39, 0.29) is 39.6 Å². The quantitative estimate of drug-likeness (QED) is 0.161. The second-order valence-corrected chi connectivity index (χ2v) is 14.6. The number of hydrogen-bond donors (Lipinski definition) is 1. The zero-order valence-electron chi connectivity index (χ0n) is 25.4. The standard InChI is InChI=1S/C34H33Cl4N3O4S/c1-22(2)39-34(43)32(17-24-7-5-4-6-8-24)40(20-25-11-12-26(35)18-30(25)37)33(42)21-41(27-13-16-29(36)31(38)19-27)46(44,45)28-14-9-23(3)10-15-28/h4-16,18-19,22,32H,17,20-21H2,1-3H3,(H,39,43). The highest BCUT2D eigenvalue weighted by Crippen LogP contribution is 2.31. The van der Waals surface area contributed by atoms with Crippen molar-refractivity contribution in [3.63, 3.8) is 0 Å². The molecule has 2 amide bonds. The molecule has 0 radical (unpaired) electrons. The Labute approximate surface area is 290 Å². The number of hydrogen-bond acceptors (Lipinski definition) is 4. The molecule has 0 aliphatic heterocycles. The van der Waals surface area contributed by atoms with Gasteiger partial charge in [0.25, 0.3) is 10.0 Å². The van der Waals surface area contributed by atoms with Crippen LogP contribution < -0.4 is 9.62 Å². The SMILES string of the molecule is Cc1ccc(S(=O)(=O)N(CC(=O)N(Cc2ccc(Cl)cc2Cl)C(Cc2ccccc2)C(=O)NC(C)C)c2ccc(Cl)c(Cl)c2)cc1. The van der Waals surface area contributed by atoms with Crippen molar-refractivity contribution in [1.82, 2.24) is 10.2 Å². The van der Waals surface area contributed by atoms with Crippen molar-refractivity contribution < 1.29 is 18.0 Å².